The van der Waals surface area contributed by atoms with E-state index in [1.165, 1.54) is 19.3 Å². The second-order valence-electron chi connectivity index (χ2n) is 11.0. The summed E-state index contributed by atoms with van der Waals surface area (Å²) in [5.74, 6) is 1.94. The number of ether oxygens (including phenoxy) is 3. The lowest BCUT2D eigenvalue weighted by Crippen LogP contribution is -2.44. The van der Waals surface area contributed by atoms with Gasteiger partial charge in [0.15, 0.2) is 11.5 Å². The van der Waals surface area contributed by atoms with Gasteiger partial charge in [-0.1, -0.05) is 52.5 Å². The molecule has 5 N–H and O–H groups in total. The number of rotatable bonds is 22. The van der Waals surface area contributed by atoms with Gasteiger partial charge in [-0.15, -0.1) is 0 Å². The monoisotopic (exact) mass is 561 g/mol. The van der Waals surface area contributed by atoms with E-state index in [-0.39, 0.29) is 18.2 Å². The van der Waals surface area contributed by atoms with Crippen LogP contribution in [0.1, 0.15) is 71.3 Å². The molecule has 40 heavy (non-hydrogen) atoms. The first kappa shape index (κ1) is 33.6. The maximum atomic E-state index is 12.1. The molecule has 226 valence electrons. The quantitative estimate of drug-likeness (QED) is 0.124. The van der Waals surface area contributed by atoms with Crippen LogP contribution in [0.15, 0.2) is 27.8 Å². The van der Waals surface area contributed by atoms with Crippen LogP contribution >= 0.6 is 0 Å². The molecule has 0 amide bonds. The van der Waals surface area contributed by atoms with Gasteiger partial charge in [-0.2, -0.15) is 0 Å². The Labute approximate surface area is 239 Å². The summed E-state index contributed by atoms with van der Waals surface area (Å²) in [5, 5.41) is 16.9. The van der Waals surface area contributed by atoms with Crippen LogP contribution in [0, 0.1) is 11.8 Å². The molecule has 0 bridgehead atoms. The molecule has 0 radical (unpaired) electrons. The number of nitrogens with one attached hydrogen (secondary N) is 2. The first-order valence-corrected chi connectivity index (χ1v) is 14.8. The van der Waals surface area contributed by atoms with Gasteiger partial charge >= 0.3 is 0 Å². The predicted molar refractivity (Wildman–Crippen MR) is 163 cm³/mol. The first-order chi connectivity index (χ1) is 19.2. The average Bonchev–Trinajstić information content (AvgIpc) is 2.95. The minimum Gasteiger partial charge on any atom is -0.493 e. The Morgan fingerprint density at radius 3 is 2.27 bits per heavy atom. The van der Waals surface area contributed by atoms with Crippen molar-refractivity contribution in [3.8, 4) is 11.5 Å². The largest absolute Gasteiger partial charge is 0.493 e. The molecule has 2 aromatic rings. The lowest BCUT2D eigenvalue weighted by atomic mass is 9.83. The van der Waals surface area contributed by atoms with E-state index >= 15 is 0 Å². The number of hydrogen-bond donors (Lipinski definition) is 4. The highest BCUT2D eigenvalue weighted by Gasteiger charge is 2.25. The number of aliphatic hydroxyl groups excluding tert-OH is 1. The van der Waals surface area contributed by atoms with E-state index in [0.29, 0.717) is 49.3 Å². The van der Waals surface area contributed by atoms with Crippen LogP contribution < -0.4 is 36.7 Å². The molecule has 0 fully saturated rings. The fourth-order valence-electron chi connectivity index (χ4n) is 4.78. The fraction of sp³-hybridized carbons (Fsp3) is 0.677. The van der Waals surface area contributed by atoms with Crippen molar-refractivity contribution in [1.82, 2.24) is 0 Å². The maximum absolute atomic E-state index is 12.1. The Morgan fingerprint density at radius 2 is 1.62 bits per heavy atom. The zero-order chi connectivity index (χ0) is 29.5. The molecule has 0 saturated carbocycles. The molecule has 0 saturated heterocycles. The normalized spacial score (nSPS) is 13.8. The van der Waals surface area contributed by atoms with Gasteiger partial charge in [-0.25, -0.2) is 0 Å². The van der Waals surface area contributed by atoms with E-state index in [2.05, 4.69) is 31.4 Å². The first-order valence-electron chi connectivity index (χ1n) is 14.8. The average molecular weight is 562 g/mol. The molecule has 2 aromatic carbocycles. The maximum Gasteiger partial charge on any atom is 0.253 e. The van der Waals surface area contributed by atoms with Crippen molar-refractivity contribution in [3.63, 3.8) is 0 Å². The van der Waals surface area contributed by atoms with Crippen molar-refractivity contribution in [2.45, 2.75) is 84.3 Å². The third-order valence-electron chi connectivity index (χ3n) is 7.47. The second kappa shape index (κ2) is 17.9. The van der Waals surface area contributed by atoms with Crippen molar-refractivity contribution < 1.29 is 19.3 Å². The standard InChI is InChI=1S/C31H51N3O6/c1-6-7-8-9-10-14-33-28-29(31(37)30(28)36)34-20-25(35)24(32)19-23(21(2)3)17-22-12-13-26(39-5)27(18-22)40-16-11-15-38-4/h12-13,18,21,23-25,33-35H,6-11,14-17,19-20,32H2,1-5H3/t23-,24-,25-/m0/s1. The molecule has 0 aromatic heterocycles. The zero-order valence-electron chi connectivity index (χ0n) is 25.1. The molecule has 2 rings (SSSR count). The van der Waals surface area contributed by atoms with E-state index in [1.54, 1.807) is 14.2 Å². The summed E-state index contributed by atoms with van der Waals surface area (Å²) in [6, 6.07) is 5.46. The smallest absolute Gasteiger partial charge is 0.253 e. The molecule has 0 unspecified atom stereocenters. The molecule has 9 heteroatoms. The highest BCUT2D eigenvalue weighted by atomic mass is 16.5. The van der Waals surface area contributed by atoms with Crippen molar-refractivity contribution in [2.75, 3.05) is 51.2 Å². The third kappa shape index (κ3) is 10.4. The van der Waals surface area contributed by atoms with E-state index in [1.807, 2.05) is 18.2 Å². The summed E-state index contributed by atoms with van der Waals surface area (Å²) < 4.78 is 16.5. The lowest BCUT2D eigenvalue weighted by Gasteiger charge is -2.28. The summed E-state index contributed by atoms with van der Waals surface area (Å²) >= 11 is 0. The van der Waals surface area contributed by atoms with E-state index < -0.39 is 23.0 Å². The van der Waals surface area contributed by atoms with Gasteiger partial charge < -0.3 is 35.7 Å². The van der Waals surface area contributed by atoms with Gasteiger partial charge in [-0.05, 0) is 48.8 Å². The molecule has 0 aliphatic rings. The van der Waals surface area contributed by atoms with Crippen LogP contribution in [-0.4, -0.2) is 57.8 Å². The van der Waals surface area contributed by atoms with Crippen LogP contribution in [-0.2, 0) is 11.2 Å². The van der Waals surface area contributed by atoms with Gasteiger partial charge in [0.2, 0.25) is 0 Å². The van der Waals surface area contributed by atoms with E-state index in [0.717, 1.165) is 31.2 Å². The molecule has 0 aliphatic carbocycles. The lowest BCUT2D eigenvalue weighted by molar-refractivity contribution is 0.137. The molecule has 0 spiro atoms. The number of aliphatic hydroxyl groups is 1. The summed E-state index contributed by atoms with van der Waals surface area (Å²) in [6.45, 7) is 8.38. The summed E-state index contributed by atoms with van der Waals surface area (Å²) in [6.07, 6.45) is 6.86. The Morgan fingerprint density at radius 1 is 0.925 bits per heavy atom. The highest BCUT2D eigenvalue weighted by molar-refractivity contribution is 5.73. The summed E-state index contributed by atoms with van der Waals surface area (Å²) in [4.78, 5) is 24.2. The minimum atomic E-state index is -0.872. The highest BCUT2D eigenvalue weighted by Crippen LogP contribution is 2.31. The summed E-state index contributed by atoms with van der Waals surface area (Å²) in [7, 11) is 3.29. The number of methoxy groups -OCH3 is 2. The molecule has 3 atom stereocenters. The molecular formula is C31H51N3O6. The van der Waals surface area contributed by atoms with Crippen LogP contribution in [0.2, 0.25) is 0 Å². The molecule has 9 nitrogen and oxygen atoms in total. The van der Waals surface area contributed by atoms with Crippen molar-refractivity contribution >= 4 is 11.4 Å². The second-order valence-corrected chi connectivity index (χ2v) is 11.0. The third-order valence-corrected chi connectivity index (χ3v) is 7.47. The van der Waals surface area contributed by atoms with Gasteiger partial charge in [0.05, 0.1) is 19.8 Å². The van der Waals surface area contributed by atoms with Crippen LogP contribution in [0.3, 0.4) is 0 Å². The number of hydrogen-bond acceptors (Lipinski definition) is 9. The fourth-order valence-corrected chi connectivity index (χ4v) is 4.78. The number of benzene rings is 1. The Kier molecular flexibility index (Phi) is 15.1. The van der Waals surface area contributed by atoms with Crippen LogP contribution in [0.25, 0.3) is 0 Å². The van der Waals surface area contributed by atoms with Gasteiger partial charge in [0.25, 0.3) is 10.9 Å². The number of anilines is 2. The number of unbranched alkanes of at least 4 members (excludes halogenated alkanes) is 4. The minimum absolute atomic E-state index is 0.101. The summed E-state index contributed by atoms with van der Waals surface area (Å²) in [5.41, 5.74) is 7.06. The molecule has 0 heterocycles. The van der Waals surface area contributed by atoms with E-state index in [4.69, 9.17) is 19.9 Å². The predicted octanol–water partition coefficient (Wildman–Crippen LogP) is 4.09. The van der Waals surface area contributed by atoms with Gasteiger partial charge in [-0.3, -0.25) is 9.59 Å². The molecule has 0 aliphatic heterocycles. The van der Waals surface area contributed by atoms with Crippen LogP contribution in [0.5, 0.6) is 11.5 Å². The molecular weight excluding hydrogens is 510 g/mol. The number of nitrogens with two attached hydrogens (primary N) is 1. The van der Waals surface area contributed by atoms with E-state index in [9.17, 15) is 14.7 Å². The van der Waals surface area contributed by atoms with Gasteiger partial charge in [0, 0.05) is 39.3 Å². The van der Waals surface area contributed by atoms with Gasteiger partial charge in [0.1, 0.15) is 11.4 Å². The van der Waals surface area contributed by atoms with Crippen molar-refractivity contribution in [3.05, 3.63) is 44.2 Å². The zero-order valence-corrected chi connectivity index (χ0v) is 25.1. The Hall–Kier alpha value is -2.62. The Bertz CT molecular complexity index is 1070. The van der Waals surface area contributed by atoms with Crippen molar-refractivity contribution in [2.24, 2.45) is 17.6 Å². The topological polar surface area (TPSA) is 132 Å². The SMILES string of the molecule is CCCCCCCNc1c(NC[C@H](O)[C@@H](N)C[C@H](Cc2ccc(OC)c(OCCCOC)c2)C(C)C)c(=O)c1=O. The van der Waals surface area contributed by atoms with Crippen molar-refractivity contribution in [1.29, 1.82) is 0 Å². The Balaban J connectivity index is 1.92. The van der Waals surface area contributed by atoms with Crippen LogP contribution in [0.4, 0.5) is 11.4 Å².